The van der Waals surface area contributed by atoms with Gasteiger partial charge in [0.1, 0.15) is 5.82 Å². The van der Waals surface area contributed by atoms with Crippen LogP contribution in [-0.4, -0.2) is 17.4 Å². The molecule has 0 aliphatic heterocycles. The number of amides is 1. The molecule has 104 valence electrons. The third-order valence-corrected chi connectivity index (χ3v) is 3.22. The molecule has 2 nitrogen and oxygen atoms in total. The third-order valence-electron chi connectivity index (χ3n) is 3.22. The molecule has 2 aromatic carbocycles. The van der Waals surface area contributed by atoms with Crippen LogP contribution in [-0.2, 0) is 6.54 Å². The summed E-state index contributed by atoms with van der Waals surface area (Å²) in [5, 5.41) is 0. The van der Waals surface area contributed by atoms with Gasteiger partial charge in [-0.3, -0.25) is 4.79 Å². The van der Waals surface area contributed by atoms with Crippen LogP contribution >= 0.6 is 0 Å². The topological polar surface area (TPSA) is 20.3 Å². The minimum Gasteiger partial charge on any atom is -0.335 e. The monoisotopic (exact) mass is 271 g/mol. The van der Waals surface area contributed by atoms with Gasteiger partial charge < -0.3 is 4.90 Å². The zero-order valence-corrected chi connectivity index (χ0v) is 11.8. The Hall–Kier alpha value is -2.16. The molecule has 0 spiro atoms. The predicted molar refractivity (Wildman–Crippen MR) is 78.0 cm³/mol. The fraction of sp³-hybridized carbons (Fsp3) is 0.235. The summed E-state index contributed by atoms with van der Waals surface area (Å²) >= 11 is 0. The summed E-state index contributed by atoms with van der Waals surface area (Å²) in [6, 6.07) is 13.8. The quantitative estimate of drug-likeness (QED) is 0.828. The standard InChI is InChI=1S/C17H18FNO/c1-3-19(12-14-6-4-5-13(2)11-14)17(20)15-7-9-16(18)10-8-15/h4-11H,3,12H2,1-2H3. The summed E-state index contributed by atoms with van der Waals surface area (Å²) in [4.78, 5) is 14.1. The molecule has 0 heterocycles. The summed E-state index contributed by atoms with van der Waals surface area (Å²) in [7, 11) is 0. The van der Waals surface area contributed by atoms with Crippen molar-refractivity contribution in [3.8, 4) is 0 Å². The first kappa shape index (κ1) is 14.3. The highest BCUT2D eigenvalue weighted by Gasteiger charge is 2.14. The van der Waals surface area contributed by atoms with Gasteiger partial charge in [-0.1, -0.05) is 29.8 Å². The molecule has 20 heavy (non-hydrogen) atoms. The Morgan fingerprint density at radius 1 is 1.15 bits per heavy atom. The van der Waals surface area contributed by atoms with Gasteiger partial charge in [-0.25, -0.2) is 4.39 Å². The van der Waals surface area contributed by atoms with E-state index in [1.54, 1.807) is 4.90 Å². The Bertz CT molecular complexity index is 592. The molecule has 0 saturated heterocycles. The van der Waals surface area contributed by atoms with E-state index in [1.807, 2.05) is 32.0 Å². The van der Waals surface area contributed by atoms with Crippen LogP contribution in [0, 0.1) is 12.7 Å². The number of halogens is 1. The lowest BCUT2D eigenvalue weighted by Crippen LogP contribution is -2.30. The molecular weight excluding hydrogens is 253 g/mol. The van der Waals surface area contributed by atoms with Crippen LogP contribution in [0.2, 0.25) is 0 Å². The molecule has 0 aliphatic carbocycles. The minimum absolute atomic E-state index is 0.0750. The Morgan fingerprint density at radius 3 is 2.45 bits per heavy atom. The van der Waals surface area contributed by atoms with Crippen molar-refractivity contribution in [2.45, 2.75) is 20.4 Å². The molecule has 0 saturated carbocycles. The average molecular weight is 271 g/mol. The summed E-state index contributed by atoms with van der Waals surface area (Å²) < 4.78 is 12.9. The molecule has 2 aromatic rings. The Balaban J connectivity index is 2.15. The zero-order chi connectivity index (χ0) is 14.5. The Kier molecular flexibility index (Phi) is 4.51. The molecule has 0 fully saturated rings. The summed E-state index contributed by atoms with van der Waals surface area (Å²) in [5.41, 5.74) is 2.79. The molecule has 0 radical (unpaired) electrons. The maximum Gasteiger partial charge on any atom is 0.254 e. The first-order valence-electron chi connectivity index (χ1n) is 6.70. The summed E-state index contributed by atoms with van der Waals surface area (Å²) in [6.07, 6.45) is 0. The van der Waals surface area contributed by atoms with Gasteiger partial charge in [0.2, 0.25) is 0 Å². The van der Waals surface area contributed by atoms with Gasteiger partial charge in [0.15, 0.2) is 0 Å². The van der Waals surface area contributed by atoms with E-state index < -0.39 is 0 Å². The number of benzene rings is 2. The number of aryl methyl sites for hydroxylation is 1. The van der Waals surface area contributed by atoms with E-state index in [9.17, 15) is 9.18 Å². The first-order valence-corrected chi connectivity index (χ1v) is 6.70. The van der Waals surface area contributed by atoms with Crippen molar-refractivity contribution in [1.29, 1.82) is 0 Å². The lowest BCUT2D eigenvalue weighted by molar-refractivity contribution is 0.0752. The van der Waals surface area contributed by atoms with Crippen LogP contribution in [0.3, 0.4) is 0 Å². The van der Waals surface area contributed by atoms with E-state index >= 15 is 0 Å². The minimum atomic E-state index is -0.330. The van der Waals surface area contributed by atoms with Gasteiger partial charge in [-0.2, -0.15) is 0 Å². The van der Waals surface area contributed by atoms with Crippen LogP contribution in [0.4, 0.5) is 4.39 Å². The Morgan fingerprint density at radius 2 is 1.85 bits per heavy atom. The predicted octanol–water partition coefficient (Wildman–Crippen LogP) is 3.80. The van der Waals surface area contributed by atoms with Crippen molar-refractivity contribution in [2.24, 2.45) is 0 Å². The molecule has 0 N–H and O–H groups in total. The smallest absolute Gasteiger partial charge is 0.254 e. The SMILES string of the molecule is CCN(Cc1cccc(C)c1)C(=O)c1ccc(F)cc1. The highest BCUT2D eigenvalue weighted by atomic mass is 19.1. The molecule has 1 amide bonds. The van der Waals surface area contributed by atoms with Crippen molar-refractivity contribution < 1.29 is 9.18 Å². The number of hydrogen-bond donors (Lipinski definition) is 0. The van der Waals surface area contributed by atoms with Gasteiger partial charge >= 0.3 is 0 Å². The molecule has 3 heteroatoms. The fourth-order valence-electron chi connectivity index (χ4n) is 2.13. The van der Waals surface area contributed by atoms with Crippen molar-refractivity contribution in [3.05, 3.63) is 71.0 Å². The number of carbonyl (C=O) groups is 1. The number of carbonyl (C=O) groups excluding carboxylic acids is 1. The normalized spacial score (nSPS) is 10.3. The van der Waals surface area contributed by atoms with E-state index in [0.717, 1.165) is 5.56 Å². The molecular formula is C17H18FNO. The second-order valence-corrected chi connectivity index (χ2v) is 4.82. The van der Waals surface area contributed by atoms with Gasteiger partial charge in [0, 0.05) is 18.7 Å². The Labute approximate surface area is 118 Å². The van der Waals surface area contributed by atoms with Crippen LogP contribution in [0.15, 0.2) is 48.5 Å². The van der Waals surface area contributed by atoms with E-state index in [4.69, 9.17) is 0 Å². The number of nitrogens with zero attached hydrogens (tertiary/aromatic N) is 1. The number of hydrogen-bond acceptors (Lipinski definition) is 1. The van der Waals surface area contributed by atoms with Crippen molar-refractivity contribution in [1.82, 2.24) is 4.90 Å². The molecule has 0 aliphatic rings. The highest BCUT2D eigenvalue weighted by Crippen LogP contribution is 2.12. The molecule has 0 aromatic heterocycles. The maximum atomic E-state index is 12.9. The molecule has 0 atom stereocenters. The van der Waals surface area contributed by atoms with Crippen molar-refractivity contribution >= 4 is 5.91 Å². The van der Waals surface area contributed by atoms with Crippen LogP contribution in [0.25, 0.3) is 0 Å². The third kappa shape index (κ3) is 3.44. The average Bonchev–Trinajstić information content (AvgIpc) is 2.45. The van der Waals surface area contributed by atoms with Crippen LogP contribution in [0.5, 0.6) is 0 Å². The van der Waals surface area contributed by atoms with Gasteiger partial charge in [-0.05, 0) is 43.7 Å². The number of rotatable bonds is 4. The van der Waals surface area contributed by atoms with Gasteiger partial charge in [-0.15, -0.1) is 0 Å². The molecule has 2 rings (SSSR count). The summed E-state index contributed by atoms with van der Waals surface area (Å²) in [5.74, 6) is -0.405. The molecule has 0 unspecified atom stereocenters. The molecule has 0 bridgehead atoms. The van der Waals surface area contributed by atoms with E-state index in [-0.39, 0.29) is 11.7 Å². The van der Waals surface area contributed by atoms with Crippen LogP contribution < -0.4 is 0 Å². The fourth-order valence-corrected chi connectivity index (χ4v) is 2.13. The lowest BCUT2D eigenvalue weighted by atomic mass is 10.1. The lowest BCUT2D eigenvalue weighted by Gasteiger charge is -2.21. The highest BCUT2D eigenvalue weighted by molar-refractivity contribution is 5.94. The van der Waals surface area contributed by atoms with E-state index in [2.05, 4.69) is 6.07 Å². The first-order chi connectivity index (χ1) is 9.60. The van der Waals surface area contributed by atoms with Crippen LogP contribution in [0.1, 0.15) is 28.4 Å². The van der Waals surface area contributed by atoms with Gasteiger partial charge in [0.05, 0.1) is 0 Å². The second kappa shape index (κ2) is 6.33. The summed E-state index contributed by atoms with van der Waals surface area (Å²) in [6.45, 7) is 5.15. The largest absolute Gasteiger partial charge is 0.335 e. The maximum absolute atomic E-state index is 12.9. The van der Waals surface area contributed by atoms with Crippen molar-refractivity contribution in [2.75, 3.05) is 6.54 Å². The zero-order valence-electron chi connectivity index (χ0n) is 11.8. The second-order valence-electron chi connectivity index (χ2n) is 4.82. The van der Waals surface area contributed by atoms with Crippen molar-refractivity contribution in [3.63, 3.8) is 0 Å². The van der Waals surface area contributed by atoms with E-state index in [0.29, 0.717) is 18.7 Å². The van der Waals surface area contributed by atoms with E-state index in [1.165, 1.54) is 29.8 Å². The van der Waals surface area contributed by atoms with Gasteiger partial charge in [0.25, 0.3) is 5.91 Å².